The molecule has 126 valence electrons. The fourth-order valence-corrected chi connectivity index (χ4v) is 3.54. The molecule has 1 aliphatic rings. The summed E-state index contributed by atoms with van der Waals surface area (Å²) in [5.74, 6) is 0.307. The molecule has 0 amide bonds. The summed E-state index contributed by atoms with van der Waals surface area (Å²) < 4.78 is 7.54. The summed E-state index contributed by atoms with van der Waals surface area (Å²) in [6.07, 6.45) is -0.0428. The Balaban J connectivity index is 2.10. The molecule has 0 spiro atoms. The van der Waals surface area contributed by atoms with Crippen LogP contribution < -0.4 is 5.73 Å². The highest BCUT2D eigenvalue weighted by molar-refractivity contribution is 8.00. The predicted molar refractivity (Wildman–Crippen MR) is 87.0 cm³/mol. The van der Waals surface area contributed by atoms with Gasteiger partial charge in [-0.15, -0.1) is 0 Å². The molecule has 0 radical (unpaired) electrons. The third kappa shape index (κ3) is 3.14. The van der Waals surface area contributed by atoms with Gasteiger partial charge >= 0.3 is 0 Å². The van der Waals surface area contributed by atoms with Crippen molar-refractivity contribution in [3.8, 4) is 0 Å². The van der Waals surface area contributed by atoms with Gasteiger partial charge in [0.2, 0.25) is 0 Å². The van der Waals surface area contributed by atoms with E-state index in [0.717, 1.165) is 0 Å². The van der Waals surface area contributed by atoms with E-state index < -0.39 is 18.4 Å². The third-order valence-corrected chi connectivity index (χ3v) is 4.63. The highest BCUT2D eigenvalue weighted by Crippen LogP contribution is 2.39. The summed E-state index contributed by atoms with van der Waals surface area (Å²) in [4.78, 5) is 12.8. The summed E-state index contributed by atoms with van der Waals surface area (Å²) >= 11 is 1.56. The number of rotatable bonds is 3. The zero-order valence-corrected chi connectivity index (χ0v) is 14.1. The van der Waals surface area contributed by atoms with Crippen molar-refractivity contribution in [3.05, 3.63) is 6.33 Å². The first-order valence-electron chi connectivity index (χ1n) is 7.42. The summed E-state index contributed by atoms with van der Waals surface area (Å²) in [6, 6.07) is 0. The summed E-state index contributed by atoms with van der Waals surface area (Å²) in [6.45, 7) is 6.01. The largest absolute Gasteiger partial charge is 0.394 e. The zero-order valence-electron chi connectivity index (χ0n) is 13.3. The molecule has 9 heteroatoms. The van der Waals surface area contributed by atoms with E-state index in [9.17, 15) is 10.2 Å². The first-order chi connectivity index (χ1) is 10.8. The Hall–Kier alpha value is -1.42. The number of imidazole rings is 1. The second kappa shape index (κ2) is 5.90. The van der Waals surface area contributed by atoms with Crippen LogP contribution >= 0.6 is 11.8 Å². The van der Waals surface area contributed by atoms with Crippen molar-refractivity contribution in [2.45, 2.75) is 55.5 Å². The summed E-state index contributed by atoms with van der Waals surface area (Å²) in [5, 5.41) is 20.0. The number of aromatic nitrogens is 4. The predicted octanol–water partition coefficient (Wildman–Crippen LogP) is 0.940. The van der Waals surface area contributed by atoms with E-state index in [1.807, 2.05) is 4.57 Å². The van der Waals surface area contributed by atoms with E-state index in [0.29, 0.717) is 28.6 Å². The topological polar surface area (TPSA) is 119 Å². The molecule has 1 saturated heterocycles. The molecule has 1 aliphatic heterocycles. The van der Waals surface area contributed by atoms with Gasteiger partial charge in [0.15, 0.2) is 22.1 Å². The van der Waals surface area contributed by atoms with Crippen molar-refractivity contribution in [1.82, 2.24) is 19.5 Å². The van der Waals surface area contributed by atoms with Crippen molar-refractivity contribution in [2.24, 2.45) is 0 Å². The molecule has 1 fully saturated rings. The van der Waals surface area contributed by atoms with Gasteiger partial charge in [0, 0.05) is 11.2 Å². The number of hydrogen-bond donors (Lipinski definition) is 3. The quantitative estimate of drug-likeness (QED) is 0.707. The number of hydrogen-bond acceptors (Lipinski definition) is 8. The highest BCUT2D eigenvalue weighted by Gasteiger charge is 2.37. The van der Waals surface area contributed by atoms with E-state index in [2.05, 4.69) is 35.7 Å². The van der Waals surface area contributed by atoms with Crippen LogP contribution in [0.3, 0.4) is 0 Å². The molecule has 0 bridgehead atoms. The van der Waals surface area contributed by atoms with E-state index in [-0.39, 0.29) is 11.4 Å². The third-order valence-electron chi connectivity index (χ3n) is 3.54. The van der Waals surface area contributed by atoms with E-state index in [1.165, 1.54) is 6.33 Å². The van der Waals surface area contributed by atoms with Gasteiger partial charge in [0.05, 0.1) is 12.7 Å². The van der Waals surface area contributed by atoms with Crippen molar-refractivity contribution in [3.63, 3.8) is 0 Å². The number of thioether (sulfide) groups is 1. The van der Waals surface area contributed by atoms with Gasteiger partial charge in [-0.25, -0.2) is 15.0 Å². The SMILES string of the molecule is CC(C)(C)Sc1nc2c(N)ncnc2n1[C@H]1C[C@H](O)[C@@H](CO)O1. The van der Waals surface area contributed by atoms with Gasteiger partial charge in [-0.2, -0.15) is 0 Å². The number of fused-ring (bicyclic) bond motifs is 1. The van der Waals surface area contributed by atoms with Gasteiger partial charge in [-0.3, -0.25) is 4.57 Å². The first-order valence-corrected chi connectivity index (χ1v) is 8.23. The minimum atomic E-state index is -0.728. The smallest absolute Gasteiger partial charge is 0.173 e. The summed E-state index contributed by atoms with van der Waals surface area (Å²) in [5.41, 5.74) is 7.00. The average molecular weight is 339 g/mol. The Labute approximate surface area is 138 Å². The molecule has 2 aromatic rings. The lowest BCUT2D eigenvalue weighted by Gasteiger charge is -2.21. The molecule has 3 heterocycles. The zero-order chi connectivity index (χ0) is 16.8. The molecule has 0 aromatic carbocycles. The number of nitrogen functional groups attached to an aromatic ring is 1. The van der Waals surface area contributed by atoms with Crippen LogP contribution in [0.2, 0.25) is 0 Å². The van der Waals surface area contributed by atoms with Crippen molar-refractivity contribution in [1.29, 1.82) is 0 Å². The number of ether oxygens (including phenoxy) is 1. The van der Waals surface area contributed by atoms with Crippen LogP contribution in [0.1, 0.15) is 33.4 Å². The lowest BCUT2D eigenvalue weighted by Crippen LogP contribution is -2.24. The molecule has 8 nitrogen and oxygen atoms in total. The Morgan fingerprint density at radius 3 is 2.78 bits per heavy atom. The van der Waals surface area contributed by atoms with Gasteiger partial charge in [0.1, 0.15) is 18.7 Å². The van der Waals surface area contributed by atoms with Crippen LogP contribution in [0.5, 0.6) is 0 Å². The van der Waals surface area contributed by atoms with Gasteiger partial charge in [0.25, 0.3) is 0 Å². The summed E-state index contributed by atoms with van der Waals surface area (Å²) in [7, 11) is 0. The van der Waals surface area contributed by atoms with Crippen LogP contribution in [0.25, 0.3) is 11.2 Å². The molecule has 0 unspecified atom stereocenters. The van der Waals surface area contributed by atoms with Gasteiger partial charge in [-0.1, -0.05) is 32.5 Å². The van der Waals surface area contributed by atoms with Crippen molar-refractivity contribution in [2.75, 3.05) is 12.3 Å². The van der Waals surface area contributed by atoms with Crippen LogP contribution in [0.4, 0.5) is 5.82 Å². The lowest BCUT2D eigenvalue weighted by atomic mass is 10.2. The maximum absolute atomic E-state index is 10.0. The minimum absolute atomic E-state index is 0.0745. The molecule has 2 aromatic heterocycles. The second-order valence-corrected chi connectivity index (χ2v) is 8.32. The number of aliphatic hydroxyl groups excluding tert-OH is 2. The molecule has 0 saturated carbocycles. The standard InChI is InChI=1S/C14H21N5O3S/c1-14(2,3)23-13-18-10-11(15)16-6-17-12(10)19(13)9-4-7(21)8(5-20)22-9/h6-9,20-21H,4-5H2,1-3H3,(H2,15,16,17)/t7-,8+,9+/m0/s1. The molecular formula is C14H21N5O3S. The van der Waals surface area contributed by atoms with Crippen LogP contribution in [0.15, 0.2) is 11.5 Å². The minimum Gasteiger partial charge on any atom is -0.394 e. The van der Waals surface area contributed by atoms with Crippen LogP contribution in [-0.2, 0) is 4.74 Å². The molecule has 4 N–H and O–H groups in total. The Bertz CT molecular complexity index is 714. The van der Waals surface area contributed by atoms with E-state index in [4.69, 9.17) is 10.5 Å². The fraction of sp³-hybridized carbons (Fsp3) is 0.643. The van der Waals surface area contributed by atoms with E-state index in [1.54, 1.807) is 11.8 Å². The number of aliphatic hydroxyl groups is 2. The number of anilines is 1. The Kier molecular flexibility index (Phi) is 4.21. The molecule has 3 rings (SSSR count). The van der Waals surface area contributed by atoms with Gasteiger partial charge in [-0.05, 0) is 0 Å². The van der Waals surface area contributed by atoms with E-state index >= 15 is 0 Å². The average Bonchev–Trinajstić information content (AvgIpc) is 2.98. The monoisotopic (exact) mass is 339 g/mol. The highest BCUT2D eigenvalue weighted by atomic mass is 32.2. The Morgan fingerprint density at radius 1 is 1.43 bits per heavy atom. The van der Waals surface area contributed by atoms with Crippen LogP contribution in [-0.4, -0.2) is 53.3 Å². The number of nitrogens with zero attached hydrogens (tertiary/aromatic N) is 4. The maximum atomic E-state index is 10.0. The lowest BCUT2D eigenvalue weighted by molar-refractivity contribution is -0.0458. The molecule has 23 heavy (non-hydrogen) atoms. The van der Waals surface area contributed by atoms with Crippen molar-refractivity contribution < 1.29 is 14.9 Å². The van der Waals surface area contributed by atoms with Gasteiger partial charge < -0.3 is 20.7 Å². The first kappa shape index (κ1) is 16.4. The number of nitrogens with two attached hydrogens (primary N) is 1. The van der Waals surface area contributed by atoms with Crippen LogP contribution in [0, 0.1) is 0 Å². The van der Waals surface area contributed by atoms with Crippen molar-refractivity contribution >= 4 is 28.7 Å². The fourth-order valence-electron chi connectivity index (χ4n) is 2.55. The second-order valence-electron chi connectivity index (χ2n) is 6.52. The maximum Gasteiger partial charge on any atom is 0.173 e. The Morgan fingerprint density at radius 2 is 2.17 bits per heavy atom. The molecule has 0 aliphatic carbocycles. The molecular weight excluding hydrogens is 318 g/mol. The normalized spacial score (nSPS) is 25.3. The molecule has 3 atom stereocenters.